The lowest BCUT2D eigenvalue weighted by atomic mass is 9.85. The molecule has 14 heteroatoms. The quantitative estimate of drug-likeness (QED) is 0.0318. The van der Waals surface area contributed by atoms with E-state index in [1.54, 1.807) is 39.8 Å². The lowest BCUT2D eigenvalue weighted by Crippen LogP contribution is -2.36. The van der Waals surface area contributed by atoms with Gasteiger partial charge in [0.1, 0.15) is 23.5 Å². The number of ketones is 2. The molecule has 0 radical (unpaired) electrons. The van der Waals surface area contributed by atoms with Crippen molar-refractivity contribution in [1.29, 1.82) is 0 Å². The molecule has 1 heterocycles. The number of phenols is 2. The van der Waals surface area contributed by atoms with Crippen molar-refractivity contribution in [3.63, 3.8) is 0 Å². The van der Waals surface area contributed by atoms with E-state index in [1.807, 2.05) is 36.4 Å². The maximum Gasteiger partial charge on any atom is 0.168 e. The molecule has 12 nitrogen and oxygen atoms in total. The molecule has 1 aliphatic heterocycles. The lowest BCUT2D eigenvalue weighted by molar-refractivity contribution is -0.127. The Hall–Kier alpha value is -3.86. The highest BCUT2D eigenvalue weighted by Gasteiger charge is 2.35. The Morgan fingerprint density at radius 2 is 1.75 bits per heavy atom. The fourth-order valence-electron chi connectivity index (χ4n) is 8.65. The van der Waals surface area contributed by atoms with Crippen LogP contribution in [-0.2, 0) is 33.8 Å². The highest BCUT2D eigenvalue weighted by molar-refractivity contribution is 8.76. The first kappa shape index (κ1) is 46.6. The molecule has 0 saturated carbocycles. The number of hydrogen-bond acceptors (Lipinski definition) is 14. The monoisotopic (exact) mass is 876 g/mol. The van der Waals surface area contributed by atoms with E-state index in [0.717, 1.165) is 38.6 Å². The molecular weight excluding hydrogens is 817 g/mol. The summed E-state index contributed by atoms with van der Waals surface area (Å²) in [6, 6.07) is 16.6. The normalized spacial score (nSPS) is 20.3. The zero-order chi connectivity index (χ0) is 43.5. The molecule has 61 heavy (non-hydrogen) atoms. The first-order valence-corrected chi connectivity index (χ1v) is 23.7. The van der Waals surface area contributed by atoms with E-state index in [2.05, 4.69) is 10.6 Å². The molecule has 1 saturated heterocycles. The minimum absolute atomic E-state index is 0.0186. The third-order valence-corrected chi connectivity index (χ3v) is 14.6. The van der Waals surface area contributed by atoms with Gasteiger partial charge in [-0.1, -0.05) is 45.9 Å². The van der Waals surface area contributed by atoms with Crippen molar-refractivity contribution in [2.24, 2.45) is 5.92 Å². The van der Waals surface area contributed by atoms with Crippen LogP contribution in [0.5, 0.6) is 17.2 Å². The number of Topliss-reactive ketones (excluding diaryl/α,β-unsaturated/α-hetero) is 2. The number of ether oxygens (including phenoxy) is 2. The minimum Gasteiger partial charge on any atom is -0.508 e. The number of carbonyl (C=O) groups is 2. The number of carbonyl (C=O) groups excluding carboxylic acids is 2. The fraction of sp³-hybridized carbons (Fsp3) is 0.489. The number of benzene rings is 4. The van der Waals surface area contributed by atoms with Gasteiger partial charge in [-0.05, 0) is 140 Å². The molecule has 4 aromatic rings. The first-order valence-electron chi connectivity index (χ1n) is 21.3. The van der Waals surface area contributed by atoms with E-state index < -0.39 is 18.4 Å². The van der Waals surface area contributed by atoms with Gasteiger partial charge in [0, 0.05) is 53.9 Å². The third kappa shape index (κ3) is 11.8. The summed E-state index contributed by atoms with van der Waals surface area (Å²) in [5, 5.41) is 72.0. The number of anilines is 1. The van der Waals surface area contributed by atoms with Crippen LogP contribution >= 0.6 is 21.6 Å². The van der Waals surface area contributed by atoms with E-state index in [0.29, 0.717) is 86.2 Å². The van der Waals surface area contributed by atoms with Crippen LogP contribution in [0.4, 0.5) is 5.69 Å². The highest BCUT2D eigenvalue weighted by Crippen LogP contribution is 2.53. The van der Waals surface area contributed by atoms with Crippen molar-refractivity contribution in [1.82, 2.24) is 5.32 Å². The Labute approximate surface area is 365 Å². The Balaban J connectivity index is 1.48. The first-order chi connectivity index (χ1) is 29.5. The van der Waals surface area contributed by atoms with Crippen LogP contribution in [0.3, 0.4) is 0 Å². The summed E-state index contributed by atoms with van der Waals surface area (Å²) in [7, 11) is 4.78. The van der Waals surface area contributed by atoms with E-state index in [1.165, 1.54) is 14.0 Å². The summed E-state index contributed by atoms with van der Waals surface area (Å²) < 4.78 is 13.1. The largest absolute Gasteiger partial charge is 0.508 e. The second-order valence-corrected chi connectivity index (χ2v) is 18.7. The van der Waals surface area contributed by atoms with Gasteiger partial charge in [0.05, 0.1) is 32.5 Å². The van der Waals surface area contributed by atoms with Crippen LogP contribution < -0.4 is 15.4 Å². The summed E-state index contributed by atoms with van der Waals surface area (Å²) in [5.41, 5.74) is 6.11. The zero-order valence-electron chi connectivity index (χ0n) is 35.0. The Kier molecular flexibility index (Phi) is 17.2. The lowest BCUT2D eigenvalue weighted by Gasteiger charge is -2.34. The molecule has 2 bridgehead atoms. The smallest absolute Gasteiger partial charge is 0.168 e. The van der Waals surface area contributed by atoms with Gasteiger partial charge in [-0.2, -0.15) is 0 Å². The number of phenolic OH excluding ortho intramolecular Hbond substituents is 2. The van der Waals surface area contributed by atoms with Crippen LogP contribution in [0.2, 0.25) is 0 Å². The molecule has 4 aromatic carbocycles. The van der Waals surface area contributed by atoms with E-state index in [-0.39, 0.29) is 73.4 Å². The van der Waals surface area contributed by atoms with Gasteiger partial charge < -0.3 is 45.4 Å². The summed E-state index contributed by atoms with van der Waals surface area (Å²) in [5.74, 6) is 0.509. The number of methoxy groups -OCH3 is 1. The number of unbranched alkanes of at least 4 members (excludes halogenated alkanes) is 1. The average Bonchev–Trinajstić information content (AvgIpc) is 3.34. The van der Waals surface area contributed by atoms with Crippen molar-refractivity contribution in [2.45, 2.75) is 101 Å². The molecule has 1 fully saturated rings. The summed E-state index contributed by atoms with van der Waals surface area (Å²) in [4.78, 5) is 26.3. The molecule has 330 valence electrons. The fourth-order valence-corrected chi connectivity index (χ4v) is 11.5. The van der Waals surface area contributed by atoms with Crippen molar-refractivity contribution in [3.8, 4) is 28.4 Å². The predicted molar refractivity (Wildman–Crippen MR) is 242 cm³/mol. The maximum absolute atomic E-state index is 14.4. The Morgan fingerprint density at radius 1 is 0.951 bits per heavy atom. The second-order valence-electron chi connectivity index (χ2n) is 16.1. The van der Waals surface area contributed by atoms with Crippen LogP contribution in [0.1, 0.15) is 97.6 Å². The van der Waals surface area contributed by atoms with Crippen LogP contribution in [0, 0.1) is 5.92 Å². The SMILES string of the molecule is COc1c(O)ccc2c1-c1ccc3ccc(O)cc3c1[C@@H]1CC[C@H](C[C@H](O)CSS1)[C@@H](O[C@H](NCCCCO)c1cc(CO)c(NCC(C)=O)cc1CCCO)CC(=O)CC2. The zero-order valence-corrected chi connectivity index (χ0v) is 36.7. The number of aliphatic hydroxyl groups is 4. The second kappa shape index (κ2) is 22.5. The number of aromatic hydroxyl groups is 2. The Morgan fingerprint density at radius 3 is 2.51 bits per heavy atom. The summed E-state index contributed by atoms with van der Waals surface area (Å²) in [6.07, 6.45) is 2.30. The van der Waals surface area contributed by atoms with Crippen LogP contribution in [0.25, 0.3) is 21.9 Å². The van der Waals surface area contributed by atoms with Gasteiger partial charge in [-0.3, -0.25) is 14.9 Å². The third-order valence-electron chi connectivity index (χ3n) is 11.7. The predicted octanol–water partition coefficient (Wildman–Crippen LogP) is 7.28. The Bertz CT molecular complexity index is 2130. The number of hydrogen-bond donors (Lipinski definition) is 8. The number of aryl methyl sites for hydroxylation is 2. The molecular formula is C47H60N2O10S2. The molecule has 2 aliphatic rings. The van der Waals surface area contributed by atoms with Crippen molar-refractivity contribution < 1.29 is 49.7 Å². The van der Waals surface area contributed by atoms with Crippen molar-refractivity contribution in [3.05, 3.63) is 82.4 Å². The van der Waals surface area contributed by atoms with E-state index >= 15 is 0 Å². The molecule has 1 aliphatic carbocycles. The number of nitrogens with one attached hydrogen (secondary N) is 2. The standard InChI is InChI=1S/C47H60N2O10S2/c1-28(53)25-49-40-22-31(6-5-19-51)39(21-33(40)26-52)47(48-17-3-4-18-50)59-42-24-35(55)13-8-30-10-15-41(57)46(58-2)44(30)37-14-9-29-7-12-34(54)23-38(29)45(37)43-16-11-32(42)20-36(56)27-60-61-43/h7,9-10,12,14-15,21-23,32,36,42-43,47-52,54,56-57H,3-6,8,11,13,16-20,24-27H2,1-2H3/t32-,36+,42+,43+,47+/m1/s1. The highest BCUT2D eigenvalue weighted by atomic mass is 33.1. The average molecular weight is 877 g/mol. The summed E-state index contributed by atoms with van der Waals surface area (Å²) in [6.45, 7) is 1.72. The van der Waals surface area contributed by atoms with Gasteiger partial charge in [0.2, 0.25) is 0 Å². The van der Waals surface area contributed by atoms with Gasteiger partial charge in [-0.25, -0.2) is 0 Å². The molecule has 5 atom stereocenters. The maximum atomic E-state index is 14.4. The van der Waals surface area contributed by atoms with Crippen molar-refractivity contribution >= 4 is 49.6 Å². The summed E-state index contributed by atoms with van der Waals surface area (Å²) >= 11 is 0. The van der Waals surface area contributed by atoms with Gasteiger partial charge in [0.15, 0.2) is 11.5 Å². The van der Waals surface area contributed by atoms with Crippen molar-refractivity contribution in [2.75, 3.05) is 44.5 Å². The number of fused-ring (bicyclic) bond motifs is 9. The molecule has 0 unspecified atom stereocenters. The molecule has 0 aromatic heterocycles. The van der Waals surface area contributed by atoms with E-state index in [9.17, 15) is 40.2 Å². The minimum atomic E-state index is -0.766. The van der Waals surface area contributed by atoms with Gasteiger partial charge in [0.25, 0.3) is 0 Å². The van der Waals surface area contributed by atoms with E-state index in [4.69, 9.17) is 9.47 Å². The number of aliphatic hydroxyl groups excluding tert-OH is 4. The molecule has 0 spiro atoms. The molecule has 8 N–H and O–H groups in total. The van der Waals surface area contributed by atoms with Gasteiger partial charge in [-0.15, -0.1) is 0 Å². The van der Waals surface area contributed by atoms with Crippen LogP contribution in [0.15, 0.2) is 54.6 Å². The molecule has 6 rings (SSSR count). The number of rotatable bonds is 16. The topological polar surface area (TPSA) is 198 Å². The van der Waals surface area contributed by atoms with Crippen LogP contribution in [-0.4, -0.2) is 93.6 Å². The van der Waals surface area contributed by atoms with Gasteiger partial charge >= 0.3 is 0 Å². The molecule has 0 amide bonds.